The van der Waals surface area contributed by atoms with E-state index in [1.165, 1.54) is 5.56 Å². The van der Waals surface area contributed by atoms with Gasteiger partial charge < -0.3 is 5.11 Å². The van der Waals surface area contributed by atoms with Gasteiger partial charge in [0, 0.05) is 5.54 Å². The minimum atomic E-state index is -0.833. The Kier molecular flexibility index (Phi) is 2.88. The summed E-state index contributed by atoms with van der Waals surface area (Å²) in [7, 11) is 0. The highest BCUT2D eigenvalue weighted by molar-refractivity contribution is 5.68. The van der Waals surface area contributed by atoms with Gasteiger partial charge in [0.05, 0.1) is 5.54 Å². The third kappa shape index (κ3) is 2.09. The van der Waals surface area contributed by atoms with Gasteiger partial charge in [0.2, 0.25) is 0 Å². The molecule has 0 unspecified atom stereocenters. The van der Waals surface area contributed by atoms with Crippen molar-refractivity contribution in [3.8, 4) is 0 Å². The zero-order valence-corrected chi connectivity index (χ0v) is 11.5. The minimum Gasteiger partial charge on any atom is -0.465 e. The number of nitrogens with zero attached hydrogens (tertiary/aromatic N) is 1. The quantitative estimate of drug-likeness (QED) is 0.864. The lowest BCUT2D eigenvalue weighted by Gasteiger charge is -2.40. The number of benzene rings is 1. The molecule has 0 radical (unpaired) electrons. The van der Waals surface area contributed by atoms with Crippen LogP contribution in [0.15, 0.2) is 24.3 Å². The maximum Gasteiger partial charge on any atom is 0.408 e. The fourth-order valence-corrected chi connectivity index (χ4v) is 2.74. The van der Waals surface area contributed by atoms with Gasteiger partial charge in [0.1, 0.15) is 0 Å². The van der Waals surface area contributed by atoms with Crippen LogP contribution in [0, 0.1) is 6.92 Å². The van der Waals surface area contributed by atoms with E-state index in [1.54, 1.807) is 4.90 Å². The highest BCUT2D eigenvalue weighted by Crippen LogP contribution is 2.53. The number of amides is 1. The van der Waals surface area contributed by atoms with Crippen molar-refractivity contribution >= 4 is 6.09 Å². The molecule has 1 fully saturated rings. The van der Waals surface area contributed by atoms with E-state index in [2.05, 4.69) is 24.3 Å². The monoisotopic (exact) mass is 247 g/mol. The first-order chi connectivity index (χ1) is 8.27. The van der Waals surface area contributed by atoms with Gasteiger partial charge in [-0.1, -0.05) is 29.8 Å². The van der Waals surface area contributed by atoms with Gasteiger partial charge in [-0.25, -0.2) is 4.79 Å². The van der Waals surface area contributed by atoms with Gasteiger partial charge in [0.15, 0.2) is 0 Å². The maximum atomic E-state index is 11.6. The van der Waals surface area contributed by atoms with Crippen LogP contribution in [0.2, 0.25) is 0 Å². The third-order valence-corrected chi connectivity index (χ3v) is 3.60. The van der Waals surface area contributed by atoms with Crippen LogP contribution >= 0.6 is 0 Å². The molecule has 1 amide bonds. The molecule has 1 aliphatic carbocycles. The van der Waals surface area contributed by atoms with Crippen LogP contribution in [-0.4, -0.2) is 21.6 Å². The SMILES string of the molecule is Cc1ccc(C2(N(C(=O)O)C(C)(C)C)CC2)cc1. The van der Waals surface area contributed by atoms with Crippen molar-refractivity contribution in [1.29, 1.82) is 0 Å². The minimum absolute atomic E-state index is 0.308. The first-order valence-electron chi connectivity index (χ1n) is 6.38. The summed E-state index contributed by atoms with van der Waals surface area (Å²) in [6.45, 7) is 7.90. The molecule has 1 aliphatic rings. The summed E-state index contributed by atoms with van der Waals surface area (Å²) in [4.78, 5) is 13.2. The first kappa shape index (κ1) is 12.9. The second-order valence-corrected chi connectivity index (χ2v) is 6.19. The fraction of sp³-hybridized carbons (Fsp3) is 0.533. The van der Waals surface area contributed by atoms with Gasteiger partial charge in [-0.3, -0.25) is 4.90 Å². The van der Waals surface area contributed by atoms with Gasteiger partial charge in [-0.2, -0.15) is 0 Å². The Hall–Kier alpha value is -1.51. The number of carbonyl (C=O) groups is 1. The molecular weight excluding hydrogens is 226 g/mol. The van der Waals surface area contributed by atoms with Crippen molar-refractivity contribution < 1.29 is 9.90 Å². The molecule has 3 heteroatoms. The second-order valence-electron chi connectivity index (χ2n) is 6.19. The Balaban J connectivity index is 2.41. The van der Waals surface area contributed by atoms with Crippen LogP contribution in [0.4, 0.5) is 4.79 Å². The van der Waals surface area contributed by atoms with Crippen LogP contribution in [0.5, 0.6) is 0 Å². The maximum absolute atomic E-state index is 11.6. The number of hydrogen-bond donors (Lipinski definition) is 1. The average Bonchev–Trinajstić information content (AvgIpc) is 2.97. The van der Waals surface area contributed by atoms with Crippen molar-refractivity contribution in [2.45, 2.75) is 51.6 Å². The van der Waals surface area contributed by atoms with Crippen molar-refractivity contribution in [3.05, 3.63) is 35.4 Å². The van der Waals surface area contributed by atoms with Gasteiger partial charge in [-0.05, 0) is 46.1 Å². The van der Waals surface area contributed by atoms with Crippen LogP contribution in [0.25, 0.3) is 0 Å². The van der Waals surface area contributed by atoms with Crippen LogP contribution in [-0.2, 0) is 5.54 Å². The van der Waals surface area contributed by atoms with Crippen molar-refractivity contribution in [3.63, 3.8) is 0 Å². The molecule has 0 heterocycles. The van der Waals surface area contributed by atoms with E-state index in [4.69, 9.17) is 0 Å². The molecule has 0 saturated heterocycles. The van der Waals surface area contributed by atoms with Crippen molar-refractivity contribution in [2.24, 2.45) is 0 Å². The lowest BCUT2D eigenvalue weighted by Crippen LogP contribution is -2.51. The van der Waals surface area contributed by atoms with Crippen LogP contribution in [0.3, 0.4) is 0 Å². The van der Waals surface area contributed by atoms with E-state index in [9.17, 15) is 9.90 Å². The standard InChI is InChI=1S/C15H21NO2/c1-11-5-7-12(8-6-11)15(9-10-15)16(13(17)18)14(2,3)4/h5-8H,9-10H2,1-4H3,(H,17,18). The van der Waals surface area contributed by atoms with Crippen molar-refractivity contribution in [1.82, 2.24) is 4.90 Å². The zero-order valence-electron chi connectivity index (χ0n) is 11.5. The lowest BCUT2D eigenvalue weighted by atomic mass is 9.96. The Morgan fingerprint density at radius 3 is 2.06 bits per heavy atom. The molecule has 1 aromatic rings. The molecule has 0 bridgehead atoms. The Morgan fingerprint density at radius 2 is 1.72 bits per heavy atom. The molecule has 0 atom stereocenters. The molecule has 0 aliphatic heterocycles. The topological polar surface area (TPSA) is 40.5 Å². The van der Waals surface area contributed by atoms with Gasteiger partial charge in [0.25, 0.3) is 0 Å². The summed E-state index contributed by atoms with van der Waals surface area (Å²) in [6.07, 6.45) is 1.000. The molecule has 98 valence electrons. The first-order valence-corrected chi connectivity index (χ1v) is 6.38. The van der Waals surface area contributed by atoms with E-state index in [0.29, 0.717) is 0 Å². The molecule has 1 saturated carbocycles. The summed E-state index contributed by atoms with van der Waals surface area (Å²) in [5, 5.41) is 9.53. The van der Waals surface area contributed by atoms with E-state index < -0.39 is 6.09 Å². The van der Waals surface area contributed by atoms with Gasteiger partial charge in [-0.15, -0.1) is 0 Å². The molecular formula is C15H21NO2. The second kappa shape index (κ2) is 4.01. The molecule has 2 rings (SSSR count). The smallest absolute Gasteiger partial charge is 0.408 e. The Morgan fingerprint density at radius 1 is 1.22 bits per heavy atom. The van der Waals surface area contributed by atoms with Crippen LogP contribution in [0.1, 0.15) is 44.7 Å². The number of carboxylic acid groups (broad SMARTS) is 1. The van der Waals surface area contributed by atoms with Crippen LogP contribution < -0.4 is 0 Å². The number of rotatable bonds is 2. The van der Waals surface area contributed by atoms with E-state index in [-0.39, 0.29) is 11.1 Å². The summed E-state index contributed by atoms with van der Waals surface area (Å²) in [5.41, 5.74) is 1.63. The molecule has 3 nitrogen and oxygen atoms in total. The number of hydrogen-bond acceptors (Lipinski definition) is 1. The predicted octanol–water partition coefficient (Wildman–Crippen LogP) is 3.76. The summed E-state index contributed by atoms with van der Waals surface area (Å²) >= 11 is 0. The summed E-state index contributed by atoms with van der Waals surface area (Å²) < 4.78 is 0. The molecule has 0 spiro atoms. The Bertz CT molecular complexity index is 452. The molecule has 1 N–H and O–H groups in total. The van der Waals surface area contributed by atoms with E-state index >= 15 is 0 Å². The number of aryl methyl sites for hydroxylation is 1. The third-order valence-electron chi connectivity index (χ3n) is 3.60. The fourth-order valence-electron chi connectivity index (χ4n) is 2.74. The summed E-state index contributed by atoms with van der Waals surface area (Å²) in [5.74, 6) is 0. The average molecular weight is 247 g/mol. The molecule has 1 aromatic carbocycles. The lowest BCUT2D eigenvalue weighted by molar-refractivity contribution is 0.0595. The highest BCUT2D eigenvalue weighted by Gasteiger charge is 2.55. The van der Waals surface area contributed by atoms with Gasteiger partial charge >= 0.3 is 6.09 Å². The van der Waals surface area contributed by atoms with E-state index in [0.717, 1.165) is 18.4 Å². The van der Waals surface area contributed by atoms with E-state index in [1.807, 2.05) is 27.7 Å². The molecule has 0 aromatic heterocycles. The highest BCUT2D eigenvalue weighted by atomic mass is 16.4. The molecule has 18 heavy (non-hydrogen) atoms. The normalized spacial score (nSPS) is 17.3. The largest absolute Gasteiger partial charge is 0.465 e. The Labute approximate surface area is 108 Å². The predicted molar refractivity (Wildman–Crippen MR) is 71.7 cm³/mol. The zero-order chi connectivity index (χ0) is 13.6. The van der Waals surface area contributed by atoms with Crippen molar-refractivity contribution in [2.75, 3.05) is 0 Å². The summed E-state index contributed by atoms with van der Waals surface area (Å²) in [6, 6.07) is 8.23.